The second kappa shape index (κ2) is 9.68. The van der Waals surface area contributed by atoms with Crippen LogP contribution in [0.1, 0.15) is 49.7 Å². The Kier molecular flexibility index (Phi) is 7.41. The number of ether oxygens (including phenoxy) is 1. The summed E-state index contributed by atoms with van der Waals surface area (Å²) in [6.45, 7) is 8.33. The number of hydrogen-bond acceptors (Lipinski definition) is 5. The van der Waals surface area contributed by atoms with Gasteiger partial charge in [-0.3, -0.25) is 4.79 Å². The summed E-state index contributed by atoms with van der Waals surface area (Å²) < 4.78 is 34.1. The average molecular weight is 469 g/mol. The molecule has 2 atom stereocenters. The highest BCUT2D eigenvalue weighted by Crippen LogP contribution is 2.24. The number of aromatic nitrogens is 2. The quantitative estimate of drug-likeness (QED) is 0.674. The summed E-state index contributed by atoms with van der Waals surface area (Å²) in [5, 5.41) is 7.73. The van der Waals surface area contributed by atoms with Crippen LogP contribution in [-0.2, 0) is 14.8 Å². The molecule has 2 aromatic rings. The van der Waals surface area contributed by atoms with E-state index in [0.717, 1.165) is 11.4 Å². The molecule has 1 N–H and O–H groups in total. The number of amides is 1. The first-order valence-corrected chi connectivity index (χ1v) is 12.3. The normalized spacial score (nSPS) is 20.2. The third kappa shape index (κ3) is 5.65. The number of nitrogens with one attached hydrogen (secondary N) is 1. The maximum Gasteiger partial charge on any atom is 0.254 e. The fourth-order valence-electron chi connectivity index (χ4n) is 3.75. The van der Waals surface area contributed by atoms with Crippen molar-refractivity contribution >= 4 is 27.5 Å². The Labute approximate surface area is 188 Å². The molecule has 8 nitrogen and oxygen atoms in total. The highest BCUT2D eigenvalue weighted by Gasteiger charge is 2.31. The van der Waals surface area contributed by atoms with Crippen LogP contribution < -0.4 is 5.32 Å². The average Bonchev–Trinajstić information content (AvgIpc) is 3.13. The number of carbonyl (C=O) groups excluding carboxylic acids is 1. The summed E-state index contributed by atoms with van der Waals surface area (Å²) in [4.78, 5) is 12.8. The Morgan fingerprint density at radius 2 is 1.84 bits per heavy atom. The molecule has 0 saturated carbocycles. The molecule has 170 valence electrons. The Hall–Kier alpha value is -1.94. The van der Waals surface area contributed by atoms with Gasteiger partial charge < -0.3 is 10.1 Å². The Bertz CT molecular complexity index is 1010. The van der Waals surface area contributed by atoms with Crippen molar-refractivity contribution in [1.29, 1.82) is 0 Å². The second-order valence-electron chi connectivity index (χ2n) is 8.13. The van der Waals surface area contributed by atoms with E-state index in [2.05, 4.69) is 10.4 Å². The molecule has 1 aromatic heterocycles. The molecule has 1 aliphatic rings. The maximum atomic E-state index is 12.8. The molecule has 1 saturated heterocycles. The number of halogens is 1. The zero-order valence-electron chi connectivity index (χ0n) is 18.2. The van der Waals surface area contributed by atoms with Gasteiger partial charge in [-0.05, 0) is 44.0 Å². The van der Waals surface area contributed by atoms with Crippen LogP contribution in [0.2, 0.25) is 5.02 Å². The van der Waals surface area contributed by atoms with Crippen LogP contribution in [0, 0.1) is 0 Å². The van der Waals surface area contributed by atoms with E-state index in [4.69, 9.17) is 16.3 Å². The van der Waals surface area contributed by atoms with Gasteiger partial charge in [-0.25, -0.2) is 13.1 Å². The largest absolute Gasteiger partial charge is 0.373 e. The van der Waals surface area contributed by atoms with Gasteiger partial charge in [0.1, 0.15) is 0 Å². The first kappa shape index (κ1) is 23.7. The van der Waals surface area contributed by atoms with Crippen LogP contribution in [0.15, 0.2) is 30.5 Å². The second-order valence-corrected chi connectivity index (χ2v) is 10.7. The lowest BCUT2D eigenvalue weighted by atomic mass is 10.1. The minimum absolute atomic E-state index is 0.0188. The minimum atomic E-state index is -3.49. The number of morpholine rings is 1. The number of nitrogens with zero attached hydrogens (tertiary/aromatic N) is 3. The van der Waals surface area contributed by atoms with E-state index in [9.17, 15) is 13.2 Å². The van der Waals surface area contributed by atoms with Crippen molar-refractivity contribution < 1.29 is 17.9 Å². The number of hydrogen-bond donors (Lipinski definition) is 1. The van der Waals surface area contributed by atoms with Gasteiger partial charge in [0.05, 0.1) is 41.1 Å². The molecular formula is C21H29ClN4O4S. The molecule has 2 unspecified atom stereocenters. The van der Waals surface area contributed by atoms with E-state index in [1.54, 1.807) is 16.8 Å². The number of sulfonamides is 1. The van der Waals surface area contributed by atoms with E-state index in [-0.39, 0.29) is 36.3 Å². The van der Waals surface area contributed by atoms with E-state index in [1.165, 1.54) is 10.5 Å². The lowest BCUT2D eigenvalue weighted by Gasteiger charge is -2.34. The third-order valence-corrected chi connectivity index (χ3v) is 7.15. The fraction of sp³-hybridized carbons (Fsp3) is 0.524. The first-order chi connectivity index (χ1) is 14.6. The molecule has 1 aliphatic heterocycles. The Balaban J connectivity index is 1.69. The summed E-state index contributed by atoms with van der Waals surface area (Å²) in [5.41, 5.74) is 1.97. The number of rotatable bonds is 7. The number of carbonyl (C=O) groups is 1. The summed E-state index contributed by atoms with van der Waals surface area (Å²) in [6, 6.07) is 7.20. The summed E-state index contributed by atoms with van der Waals surface area (Å²) >= 11 is 5.97. The SMILES string of the molecule is CC1CN(S(=O)(=O)CCNC(=O)c2cnn(-c3ccc(Cl)cc3)c2C(C)C)CC(C)O1. The van der Waals surface area contributed by atoms with Crippen LogP contribution in [0.3, 0.4) is 0 Å². The van der Waals surface area contributed by atoms with Gasteiger partial charge in [0.2, 0.25) is 10.0 Å². The van der Waals surface area contributed by atoms with Crippen molar-refractivity contribution in [3.8, 4) is 5.69 Å². The molecule has 10 heteroatoms. The van der Waals surface area contributed by atoms with Crippen molar-refractivity contribution in [3.63, 3.8) is 0 Å². The van der Waals surface area contributed by atoms with Crippen molar-refractivity contribution in [1.82, 2.24) is 19.4 Å². The van der Waals surface area contributed by atoms with Crippen molar-refractivity contribution in [2.75, 3.05) is 25.4 Å². The standard InChI is InChI=1S/C21H29ClN4O4S/c1-14(2)20-19(11-24-26(20)18-7-5-17(22)6-8-18)21(27)23-9-10-31(28,29)25-12-15(3)30-16(4)13-25/h5-8,11,14-16H,9-10,12-13H2,1-4H3,(H,23,27). The van der Waals surface area contributed by atoms with Crippen LogP contribution >= 0.6 is 11.6 Å². The maximum absolute atomic E-state index is 12.8. The third-order valence-electron chi connectivity index (χ3n) is 5.09. The van der Waals surface area contributed by atoms with Crippen molar-refractivity contribution in [3.05, 3.63) is 46.7 Å². The van der Waals surface area contributed by atoms with E-state index >= 15 is 0 Å². The van der Waals surface area contributed by atoms with Gasteiger partial charge in [0.25, 0.3) is 5.91 Å². The molecule has 1 amide bonds. The first-order valence-electron chi connectivity index (χ1n) is 10.3. The molecule has 0 aliphatic carbocycles. The molecule has 1 fully saturated rings. The van der Waals surface area contributed by atoms with E-state index in [0.29, 0.717) is 23.7 Å². The van der Waals surface area contributed by atoms with Gasteiger partial charge >= 0.3 is 0 Å². The Morgan fingerprint density at radius 1 is 1.23 bits per heavy atom. The lowest BCUT2D eigenvalue weighted by molar-refractivity contribution is -0.0440. The summed E-state index contributed by atoms with van der Waals surface area (Å²) in [7, 11) is -3.49. The molecule has 31 heavy (non-hydrogen) atoms. The van der Waals surface area contributed by atoms with Crippen molar-refractivity contribution in [2.45, 2.75) is 45.8 Å². The molecule has 0 bridgehead atoms. The number of benzene rings is 1. The van der Waals surface area contributed by atoms with E-state index in [1.807, 2.05) is 39.8 Å². The predicted octanol–water partition coefficient (Wildman–Crippen LogP) is 2.82. The van der Waals surface area contributed by atoms with Crippen LogP contribution in [0.5, 0.6) is 0 Å². The fourth-order valence-corrected chi connectivity index (χ4v) is 5.37. The van der Waals surface area contributed by atoms with Gasteiger partial charge in [-0.15, -0.1) is 0 Å². The lowest BCUT2D eigenvalue weighted by Crippen LogP contribution is -2.49. The molecule has 0 radical (unpaired) electrons. The Morgan fingerprint density at radius 3 is 2.42 bits per heavy atom. The predicted molar refractivity (Wildman–Crippen MR) is 120 cm³/mol. The zero-order valence-corrected chi connectivity index (χ0v) is 19.8. The zero-order chi connectivity index (χ0) is 22.8. The molecular weight excluding hydrogens is 440 g/mol. The monoisotopic (exact) mass is 468 g/mol. The topological polar surface area (TPSA) is 93.5 Å². The van der Waals surface area contributed by atoms with Gasteiger partial charge in [0.15, 0.2) is 0 Å². The van der Waals surface area contributed by atoms with Crippen LogP contribution in [0.25, 0.3) is 5.69 Å². The highest BCUT2D eigenvalue weighted by molar-refractivity contribution is 7.89. The molecule has 3 rings (SSSR count). The molecule has 1 aromatic carbocycles. The van der Waals surface area contributed by atoms with Crippen LogP contribution in [-0.4, -0.2) is 66.0 Å². The highest BCUT2D eigenvalue weighted by atomic mass is 35.5. The van der Waals surface area contributed by atoms with E-state index < -0.39 is 10.0 Å². The minimum Gasteiger partial charge on any atom is -0.373 e. The summed E-state index contributed by atoms with van der Waals surface area (Å²) in [5.74, 6) is -0.484. The summed E-state index contributed by atoms with van der Waals surface area (Å²) in [6.07, 6.45) is 1.21. The van der Waals surface area contributed by atoms with Crippen molar-refractivity contribution in [2.24, 2.45) is 0 Å². The molecule has 2 heterocycles. The molecule has 0 spiro atoms. The van der Waals surface area contributed by atoms with Gasteiger partial charge in [-0.1, -0.05) is 25.4 Å². The van der Waals surface area contributed by atoms with Gasteiger partial charge in [0, 0.05) is 24.7 Å². The van der Waals surface area contributed by atoms with Crippen LogP contribution in [0.4, 0.5) is 0 Å². The smallest absolute Gasteiger partial charge is 0.254 e. The van der Waals surface area contributed by atoms with Gasteiger partial charge in [-0.2, -0.15) is 9.40 Å².